The van der Waals surface area contributed by atoms with Crippen molar-refractivity contribution in [3.8, 4) is 0 Å². The third kappa shape index (κ3) is 4.59. The van der Waals surface area contributed by atoms with Gasteiger partial charge >= 0.3 is 0 Å². The van der Waals surface area contributed by atoms with Crippen LogP contribution in [0, 0.1) is 6.92 Å². The molecule has 5 nitrogen and oxygen atoms in total. The highest BCUT2D eigenvalue weighted by molar-refractivity contribution is 7.92. The van der Waals surface area contributed by atoms with E-state index < -0.39 is 10.0 Å². The van der Waals surface area contributed by atoms with Gasteiger partial charge in [0.05, 0.1) is 5.75 Å². The number of anilines is 1. The van der Waals surface area contributed by atoms with E-state index in [4.69, 9.17) is 5.73 Å². The molecule has 3 N–H and O–H groups in total. The minimum Gasteiger partial charge on any atom is -0.330 e. The van der Waals surface area contributed by atoms with Crippen LogP contribution in [0.2, 0.25) is 0 Å². The van der Waals surface area contributed by atoms with Gasteiger partial charge in [0.2, 0.25) is 10.0 Å². The summed E-state index contributed by atoms with van der Waals surface area (Å²) in [6.45, 7) is 2.32. The Morgan fingerprint density at radius 2 is 2.12 bits per heavy atom. The summed E-state index contributed by atoms with van der Waals surface area (Å²) in [6, 6.07) is 5.21. The van der Waals surface area contributed by atoms with Crippen LogP contribution in [0.1, 0.15) is 18.5 Å². The lowest BCUT2D eigenvalue weighted by Gasteiger charge is -2.07. The molecule has 1 rings (SSSR count). The number of hydrogen-bond donors (Lipinski definition) is 2. The Morgan fingerprint density at radius 1 is 1.38 bits per heavy atom. The molecule has 0 bridgehead atoms. The summed E-state index contributed by atoms with van der Waals surface area (Å²) in [4.78, 5) is 4.07. The first-order valence-electron chi connectivity index (χ1n) is 5.18. The lowest BCUT2D eigenvalue weighted by atomic mass is 10.3. The van der Waals surface area contributed by atoms with E-state index in [2.05, 4.69) is 9.71 Å². The van der Waals surface area contributed by atoms with E-state index in [-0.39, 0.29) is 5.75 Å². The molecule has 1 heterocycles. The molecule has 0 saturated heterocycles. The summed E-state index contributed by atoms with van der Waals surface area (Å²) in [5, 5.41) is 0. The maximum Gasteiger partial charge on any atom is 0.233 e. The highest BCUT2D eigenvalue weighted by Crippen LogP contribution is 2.07. The zero-order valence-electron chi connectivity index (χ0n) is 9.31. The number of hydrogen-bond acceptors (Lipinski definition) is 4. The summed E-state index contributed by atoms with van der Waals surface area (Å²) in [7, 11) is -3.29. The van der Waals surface area contributed by atoms with E-state index in [0.717, 1.165) is 5.69 Å². The fraction of sp³-hybridized carbons (Fsp3) is 0.500. The van der Waals surface area contributed by atoms with Gasteiger partial charge in [-0.1, -0.05) is 6.07 Å². The molecule has 0 spiro atoms. The summed E-state index contributed by atoms with van der Waals surface area (Å²) in [5.74, 6) is 0.451. The zero-order valence-corrected chi connectivity index (χ0v) is 10.1. The Morgan fingerprint density at radius 3 is 2.75 bits per heavy atom. The van der Waals surface area contributed by atoms with Crippen molar-refractivity contribution in [2.45, 2.75) is 19.8 Å². The Labute approximate surface area is 96.1 Å². The number of unbranched alkanes of at least 4 members (excludes halogenated alkanes) is 1. The SMILES string of the molecule is Cc1cccc(NS(=O)(=O)CCCCN)n1. The topological polar surface area (TPSA) is 85.1 Å². The molecule has 0 saturated carbocycles. The summed E-state index contributed by atoms with van der Waals surface area (Å²) >= 11 is 0. The van der Waals surface area contributed by atoms with Gasteiger partial charge in [-0.3, -0.25) is 4.72 Å². The third-order valence-electron chi connectivity index (χ3n) is 2.02. The van der Waals surface area contributed by atoms with E-state index in [9.17, 15) is 8.42 Å². The number of rotatable bonds is 6. The predicted molar refractivity (Wildman–Crippen MR) is 64.7 cm³/mol. The van der Waals surface area contributed by atoms with Gasteiger partial charge in [0.15, 0.2) is 0 Å². The zero-order chi connectivity index (χ0) is 12.0. The number of pyridine rings is 1. The van der Waals surface area contributed by atoms with E-state index >= 15 is 0 Å². The van der Waals surface area contributed by atoms with Crippen LogP contribution in [-0.4, -0.2) is 25.7 Å². The van der Waals surface area contributed by atoms with Crippen molar-refractivity contribution in [3.63, 3.8) is 0 Å². The molecule has 1 aromatic rings. The standard InChI is InChI=1S/C10H17N3O2S/c1-9-5-4-6-10(12-9)13-16(14,15)8-3-2-7-11/h4-6H,2-3,7-8,11H2,1H3,(H,12,13). The molecule has 0 fully saturated rings. The molecule has 0 radical (unpaired) electrons. The summed E-state index contributed by atoms with van der Waals surface area (Å²) in [5.41, 5.74) is 6.08. The lowest BCUT2D eigenvalue weighted by Crippen LogP contribution is -2.18. The minimum absolute atomic E-state index is 0.0832. The largest absolute Gasteiger partial charge is 0.330 e. The number of aromatic nitrogens is 1. The van der Waals surface area contributed by atoms with Crippen molar-refractivity contribution in [2.24, 2.45) is 5.73 Å². The second kappa shape index (κ2) is 5.81. The smallest absolute Gasteiger partial charge is 0.233 e. The van der Waals surface area contributed by atoms with Gasteiger partial charge in [-0.15, -0.1) is 0 Å². The first-order chi connectivity index (χ1) is 7.53. The first kappa shape index (κ1) is 12.9. The fourth-order valence-electron chi connectivity index (χ4n) is 1.25. The highest BCUT2D eigenvalue weighted by atomic mass is 32.2. The van der Waals surface area contributed by atoms with Gasteiger partial charge in [-0.2, -0.15) is 0 Å². The molecule has 6 heteroatoms. The van der Waals surface area contributed by atoms with Gasteiger partial charge < -0.3 is 5.73 Å². The van der Waals surface area contributed by atoms with Gasteiger partial charge in [-0.05, 0) is 38.4 Å². The minimum atomic E-state index is -3.29. The van der Waals surface area contributed by atoms with Crippen molar-refractivity contribution in [3.05, 3.63) is 23.9 Å². The Kier molecular flexibility index (Phi) is 4.70. The third-order valence-corrected chi connectivity index (χ3v) is 3.36. The molecule has 0 amide bonds. The lowest BCUT2D eigenvalue weighted by molar-refractivity contribution is 0.597. The van der Waals surface area contributed by atoms with Gasteiger partial charge in [0.1, 0.15) is 5.82 Å². The molecule has 0 unspecified atom stereocenters. The van der Waals surface area contributed by atoms with Crippen LogP contribution in [0.5, 0.6) is 0 Å². The van der Waals surface area contributed by atoms with Crippen LogP contribution >= 0.6 is 0 Å². The van der Waals surface area contributed by atoms with Crippen molar-refractivity contribution in [1.82, 2.24) is 4.98 Å². The van der Waals surface area contributed by atoms with E-state index in [1.807, 2.05) is 13.0 Å². The predicted octanol–water partition coefficient (Wildman–Crippen LogP) is 0.871. The van der Waals surface area contributed by atoms with Gasteiger partial charge in [0.25, 0.3) is 0 Å². The Hall–Kier alpha value is -1.14. The van der Waals surface area contributed by atoms with Gasteiger partial charge in [0, 0.05) is 5.69 Å². The molecule has 0 atom stereocenters. The number of nitrogens with zero attached hydrogens (tertiary/aromatic N) is 1. The number of nitrogens with one attached hydrogen (secondary N) is 1. The average molecular weight is 243 g/mol. The summed E-state index contributed by atoms with van der Waals surface area (Å²) in [6.07, 6.45) is 1.28. The van der Waals surface area contributed by atoms with E-state index in [0.29, 0.717) is 25.2 Å². The fourth-order valence-corrected chi connectivity index (χ4v) is 2.37. The molecule has 0 aliphatic heterocycles. The van der Waals surface area contributed by atoms with Crippen molar-refractivity contribution in [2.75, 3.05) is 17.0 Å². The molecule has 90 valence electrons. The van der Waals surface area contributed by atoms with Crippen LogP contribution in [-0.2, 0) is 10.0 Å². The van der Waals surface area contributed by atoms with Crippen LogP contribution in [0.25, 0.3) is 0 Å². The van der Waals surface area contributed by atoms with Crippen molar-refractivity contribution >= 4 is 15.8 Å². The quantitative estimate of drug-likeness (QED) is 0.726. The Balaban J connectivity index is 2.59. The van der Waals surface area contributed by atoms with Crippen molar-refractivity contribution in [1.29, 1.82) is 0 Å². The maximum atomic E-state index is 11.6. The summed E-state index contributed by atoms with van der Waals surface area (Å²) < 4.78 is 25.6. The average Bonchev–Trinajstić information content (AvgIpc) is 2.17. The maximum absolute atomic E-state index is 11.6. The second-order valence-corrected chi connectivity index (χ2v) is 5.42. The molecule has 16 heavy (non-hydrogen) atoms. The van der Waals surface area contributed by atoms with Crippen LogP contribution < -0.4 is 10.5 Å². The molecule has 0 aliphatic carbocycles. The van der Waals surface area contributed by atoms with Crippen LogP contribution in [0.4, 0.5) is 5.82 Å². The molecule has 1 aromatic heterocycles. The van der Waals surface area contributed by atoms with Crippen molar-refractivity contribution < 1.29 is 8.42 Å². The molecule has 0 aromatic carbocycles. The number of sulfonamides is 1. The van der Waals surface area contributed by atoms with E-state index in [1.165, 1.54) is 0 Å². The second-order valence-electron chi connectivity index (χ2n) is 3.58. The number of nitrogens with two attached hydrogens (primary N) is 1. The van der Waals surface area contributed by atoms with Crippen LogP contribution in [0.15, 0.2) is 18.2 Å². The first-order valence-corrected chi connectivity index (χ1v) is 6.83. The molecular weight excluding hydrogens is 226 g/mol. The van der Waals surface area contributed by atoms with Gasteiger partial charge in [-0.25, -0.2) is 13.4 Å². The normalized spacial score (nSPS) is 11.4. The Bertz CT molecular complexity index is 431. The molecular formula is C10H17N3O2S. The van der Waals surface area contributed by atoms with E-state index in [1.54, 1.807) is 12.1 Å². The number of aryl methyl sites for hydroxylation is 1. The monoisotopic (exact) mass is 243 g/mol. The highest BCUT2D eigenvalue weighted by Gasteiger charge is 2.10. The molecule has 0 aliphatic rings. The van der Waals surface area contributed by atoms with Crippen LogP contribution in [0.3, 0.4) is 0 Å².